The molecule has 1 aliphatic rings. The molecule has 1 heterocycles. The molecule has 1 saturated carbocycles. The number of carbonyl (C=O) groups is 1. The lowest BCUT2D eigenvalue weighted by atomic mass is 9.73. The molecule has 5 nitrogen and oxygen atoms in total. The average molecular weight is 243 g/mol. The van der Waals surface area contributed by atoms with Gasteiger partial charge in [-0.1, -0.05) is 0 Å². The first kappa shape index (κ1) is 11.8. The standard InChI is InChI=1S/C10H11F2N3O2/c11-9(12)17-7-4-10(5-7,15-6-16)8-13-2-1-3-14-8/h1-3,6-7,9H,4-5H2,(H,15,16). The molecule has 0 aliphatic heterocycles. The minimum Gasteiger partial charge on any atom is -0.346 e. The summed E-state index contributed by atoms with van der Waals surface area (Å²) in [6.45, 7) is -2.80. The topological polar surface area (TPSA) is 64.1 Å². The molecular weight excluding hydrogens is 232 g/mol. The Morgan fingerprint density at radius 3 is 2.65 bits per heavy atom. The van der Waals surface area contributed by atoms with Crippen molar-refractivity contribution in [2.24, 2.45) is 0 Å². The van der Waals surface area contributed by atoms with Crippen molar-refractivity contribution in [2.75, 3.05) is 0 Å². The van der Waals surface area contributed by atoms with Gasteiger partial charge in [0.05, 0.1) is 6.10 Å². The number of halogens is 2. The van der Waals surface area contributed by atoms with Crippen LogP contribution in [0.1, 0.15) is 18.7 Å². The molecule has 0 unspecified atom stereocenters. The van der Waals surface area contributed by atoms with E-state index in [1.54, 1.807) is 6.07 Å². The molecule has 1 aromatic heterocycles. The summed E-state index contributed by atoms with van der Waals surface area (Å²) in [6.07, 6.45) is 3.52. The summed E-state index contributed by atoms with van der Waals surface area (Å²) in [4.78, 5) is 18.6. The van der Waals surface area contributed by atoms with Gasteiger partial charge in [0.1, 0.15) is 5.54 Å². The van der Waals surface area contributed by atoms with Gasteiger partial charge in [-0.05, 0) is 6.07 Å². The summed E-state index contributed by atoms with van der Waals surface area (Å²) in [5.74, 6) is 0.418. The maximum Gasteiger partial charge on any atom is 0.345 e. The molecule has 0 radical (unpaired) electrons. The third kappa shape index (κ3) is 2.38. The van der Waals surface area contributed by atoms with Gasteiger partial charge in [-0.3, -0.25) is 4.79 Å². The third-order valence-corrected chi connectivity index (χ3v) is 2.78. The van der Waals surface area contributed by atoms with E-state index in [-0.39, 0.29) is 12.8 Å². The predicted octanol–water partition coefficient (Wildman–Crippen LogP) is 0.819. The molecule has 7 heteroatoms. The van der Waals surface area contributed by atoms with Crippen LogP contribution in [0.25, 0.3) is 0 Å². The normalized spacial score (nSPS) is 27.6. The number of aromatic nitrogens is 2. The number of nitrogens with zero attached hydrogens (tertiary/aromatic N) is 2. The second-order valence-corrected chi connectivity index (χ2v) is 3.84. The molecule has 1 amide bonds. The van der Waals surface area contributed by atoms with Crippen LogP contribution in [-0.4, -0.2) is 29.1 Å². The largest absolute Gasteiger partial charge is 0.346 e. The van der Waals surface area contributed by atoms with Crippen LogP contribution in [0.5, 0.6) is 0 Å². The first-order valence-corrected chi connectivity index (χ1v) is 5.09. The van der Waals surface area contributed by atoms with E-state index in [9.17, 15) is 13.6 Å². The van der Waals surface area contributed by atoms with Crippen molar-refractivity contribution < 1.29 is 18.3 Å². The number of amides is 1. The van der Waals surface area contributed by atoms with Crippen LogP contribution >= 0.6 is 0 Å². The van der Waals surface area contributed by atoms with Gasteiger partial charge >= 0.3 is 6.61 Å². The molecule has 0 spiro atoms. The van der Waals surface area contributed by atoms with Crippen LogP contribution in [0.2, 0.25) is 0 Å². The third-order valence-electron chi connectivity index (χ3n) is 2.78. The fourth-order valence-electron chi connectivity index (χ4n) is 1.98. The Kier molecular flexibility index (Phi) is 3.28. The van der Waals surface area contributed by atoms with Gasteiger partial charge in [0.15, 0.2) is 5.82 Å². The zero-order chi connectivity index (χ0) is 12.3. The number of hydrogen-bond acceptors (Lipinski definition) is 4. The second-order valence-electron chi connectivity index (χ2n) is 3.84. The summed E-state index contributed by atoms with van der Waals surface area (Å²) in [7, 11) is 0. The second kappa shape index (κ2) is 4.70. The Labute approximate surface area is 96.2 Å². The molecule has 1 N–H and O–H groups in total. The number of alkyl halides is 2. The zero-order valence-corrected chi connectivity index (χ0v) is 8.85. The van der Waals surface area contributed by atoms with Crippen molar-refractivity contribution in [3.63, 3.8) is 0 Å². The minimum absolute atomic E-state index is 0.250. The Balaban J connectivity index is 2.08. The van der Waals surface area contributed by atoms with Crippen LogP contribution in [0.4, 0.5) is 8.78 Å². The summed E-state index contributed by atoms with van der Waals surface area (Å²) in [5, 5.41) is 2.58. The molecule has 1 aliphatic carbocycles. The first-order valence-electron chi connectivity index (χ1n) is 5.09. The van der Waals surface area contributed by atoms with Crippen molar-refractivity contribution in [3.05, 3.63) is 24.3 Å². The predicted molar refractivity (Wildman–Crippen MR) is 53.0 cm³/mol. The summed E-state index contributed by atoms with van der Waals surface area (Å²) >= 11 is 0. The Hall–Kier alpha value is -1.63. The molecule has 1 fully saturated rings. The van der Waals surface area contributed by atoms with Crippen LogP contribution in [0.3, 0.4) is 0 Å². The van der Waals surface area contributed by atoms with Crippen LogP contribution < -0.4 is 5.32 Å². The maximum absolute atomic E-state index is 12.0. The van der Waals surface area contributed by atoms with Gasteiger partial charge in [-0.15, -0.1) is 0 Å². The highest BCUT2D eigenvalue weighted by Crippen LogP contribution is 2.41. The number of nitrogens with one attached hydrogen (secondary N) is 1. The molecule has 0 saturated heterocycles. The Morgan fingerprint density at radius 1 is 1.47 bits per heavy atom. The van der Waals surface area contributed by atoms with Crippen molar-refractivity contribution >= 4 is 6.41 Å². The molecule has 17 heavy (non-hydrogen) atoms. The summed E-state index contributed by atoms with van der Waals surface area (Å²) in [5.41, 5.74) is -0.775. The first-order chi connectivity index (χ1) is 8.16. The van der Waals surface area contributed by atoms with Crippen molar-refractivity contribution in [1.82, 2.24) is 15.3 Å². The van der Waals surface area contributed by atoms with Gasteiger partial charge in [0.25, 0.3) is 0 Å². The lowest BCUT2D eigenvalue weighted by Crippen LogP contribution is -2.56. The van der Waals surface area contributed by atoms with Crippen LogP contribution in [-0.2, 0) is 15.1 Å². The highest BCUT2D eigenvalue weighted by atomic mass is 19.3. The van der Waals surface area contributed by atoms with E-state index in [2.05, 4.69) is 20.0 Å². The van der Waals surface area contributed by atoms with Gasteiger partial charge in [0, 0.05) is 25.2 Å². The average Bonchev–Trinajstić information content (AvgIpc) is 2.26. The Morgan fingerprint density at radius 2 is 2.12 bits per heavy atom. The lowest BCUT2D eigenvalue weighted by Gasteiger charge is -2.45. The Bertz CT molecular complexity index is 382. The smallest absolute Gasteiger partial charge is 0.345 e. The van der Waals surface area contributed by atoms with E-state index in [1.165, 1.54) is 12.4 Å². The maximum atomic E-state index is 12.0. The van der Waals surface area contributed by atoms with E-state index in [0.717, 1.165) is 0 Å². The summed E-state index contributed by atoms with van der Waals surface area (Å²) in [6, 6.07) is 1.64. The van der Waals surface area contributed by atoms with Crippen molar-refractivity contribution in [2.45, 2.75) is 31.1 Å². The van der Waals surface area contributed by atoms with Gasteiger partial charge in [-0.25, -0.2) is 9.97 Å². The molecular formula is C10H11F2N3O2. The number of carbonyl (C=O) groups excluding carboxylic acids is 1. The van der Waals surface area contributed by atoms with E-state index in [0.29, 0.717) is 12.2 Å². The van der Waals surface area contributed by atoms with Gasteiger partial charge < -0.3 is 10.1 Å². The highest BCUT2D eigenvalue weighted by Gasteiger charge is 2.49. The molecule has 1 aromatic rings. The van der Waals surface area contributed by atoms with E-state index in [4.69, 9.17) is 0 Å². The van der Waals surface area contributed by atoms with Crippen LogP contribution in [0.15, 0.2) is 18.5 Å². The van der Waals surface area contributed by atoms with Crippen molar-refractivity contribution in [3.8, 4) is 0 Å². The fraction of sp³-hybridized carbons (Fsp3) is 0.500. The van der Waals surface area contributed by atoms with Gasteiger partial charge in [0.2, 0.25) is 6.41 Å². The quantitative estimate of drug-likeness (QED) is 0.777. The SMILES string of the molecule is O=CNC1(c2ncccn2)CC(OC(F)F)C1. The number of hydrogen-bond donors (Lipinski definition) is 1. The number of ether oxygens (including phenoxy) is 1. The summed E-state index contributed by atoms with van der Waals surface area (Å²) < 4.78 is 28.4. The van der Waals surface area contributed by atoms with Crippen molar-refractivity contribution in [1.29, 1.82) is 0 Å². The van der Waals surface area contributed by atoms with Gasteiger partial charge in [-0.2, -0.15) is 8.78 Å². The van der Waals surface area contributed by atoms with Crippen LogP contribution in [0, 0.1) is 0 Å². The van der Waals surface area contributed by atoms with E-state index in [1.807, 2.05) is 0 Å². The highest BCUT2D eigenvalue weighted by molar-refractivity contribution is 5.49. The lowest BCUT2D eigenvalue weighted by molar-refractivity contribution is -0.199. The minimum atomic E-state index is -2.80. The van der Waals surface area contributed by atoms with E-state index >= 15 is 0 Å². The van der Waals surface area contributed by atoms with E-state index < -0.39 is 18.3 Å². The zero-order valence-electron chi connectivity index (χ0n) is 8.85. The molecule has 92 valence electrons. The molecule has 0 bridgehead atoms. The molecule has 2 rings (SSSR count). The fourth-order valence-corrected chi connectivity index (χ4v) is 1.98. The number of rotatable bonds is 5. The monoisotopic (exact) mass is 243 g/mol. The molecule has 0 atom stereocenters. The molecule has 0 aromatic carbocycles.